The molecular weight excluding hydrogens is 250 g/mol. The van der Waals surface area contributed by atoms with Crippen molar-refractivity contribution in [2.24, 2.45) is 0 Å². The predicted octanol–water partition coefficient (Wildman–Crippen LogP) is -0.161. The zero-order chi connectivity index (χ0) is 14.0. The monoisotopic (exact) mass is 265 g/mol. The first-order valence-corrected chi connectivity index (χ1v) is 5.94. The molecule has 2 rings (SSSR count). The van der Waals surface area contributed by atoms with Crippen molar-refractivity contribution in [2.45, 2.75) is 25.2 Å². The molecule has 0 aliphatic carbocycles. The van der Waals surface area contributed by atoms with Gasteiger partial charge < -0.3 is 20.2 Å². The Bertz CT molecular complexity index is 484. The summed E-state index contributed by atoms with van der Waals surface area (Å²) in [6, 6.07) is 5.31. The van der Waals surface area contributed by atoms with E-state index in [1.54, 1.807) is 12.1 Å². The fourth-order valence-electron chi connectivity index (χ4n) is 2.19. The number of carbonyl (C=O) groups is 2. The van der Waals surface area contributed by atoms with E-state index in [9.17, 15) is 14.7 Å². The predicted molar refractivity (Wildman–Crippen MR) is 65.4 cm³/mol. The molecule has 102 valence electrons. The number of amides is 1. The lowest BCUT2D eigenvalue weighted by molar-refractivity contribution is -0.141. The fraction of sp³-hybridized carbons (Fsp3) is 0.385. The molecular formula is C13H15NO5. The highest BCUT2D eigenvalue weighted by Crippen LogP contribution is 2.21. The third-order valence-electron chi connectivity index (χ3n) is 3.21. The topological polar surface area (TPSA) is 98.1 Å². The van der Waals surface area contributed by atoms with E-state index < -0.39 is 24.0 Å². The molecule has 19 heavy (non-hydrogen) atoms. The van der Waals surface area contributed by atoms with Gasteiger partial charge in [-0.3, -0.25) is 4.79 Å². The third kappa shape index (κ3) is 2.74. The molecule has 1 aromatic carbocycles. The van der Waals surface area contributed by atoms with E-state index in [4.69, 9.17) is 10.2 Å². The summed E-state index contributed by atoms with van der Waals surface area (Å²) in [7, 11) is 0. The van der Waals surface area contributed by atoms with Crippen LogP contribution in [0.4, 0.5) is 0 Å². The second-order valence-corrected chi connectivity index (χ2v) is 4.56. The summed E-state index contributed by atoms with van der Waals surface area (Å²) < 4.78 is 0. The lowest BCUT2D eigenvalue weighted by Gasteiger charge is -2.21. The smallest absolute Gasteiger partial charge is 0.326 e. The van der Waals surface area contributed by atoms with Gasteiger partial charge >= 0.3 is 5.97 Å². The number of carboxylic acid groups (broad SMARTS) is 1. The maximum atomic E-state index is 12.2. The summed E-state index contributed by atoms with van der Waals surface area (Å²) in [5.41, 5.74) is 1.02. The first kappa shape index (κ1) is 13.5. The number of aliphatic hydroxyl groups excluding tert-OH is 2. The Hall–Kier alpha value is -1.92. The minimum absolute atomic E-state index is 0.0253. The summed E-state index contributed by atoms with van der Waals surface area (Å²) in [6.07, 6.45) is -0.753. The quantitative estimate of drug-likeness (QED) is 0.705. The van der Waals surface area contributed by atoms with E-state index in [0.717, 1.165) is 0 Å². The first-order valence-electron chi connectivity index (χ1n) is 5.94. The Morgan fingerprint density at radius 1 is 1.26 bits per heavy atom. The number of hydrogen-bond acceptors (Lipinski definition) is 4. The number of rotatable bonds is 3. The van der Waals surface area contributed by atoms with E-state index in [1.807, 2.05) is 0 Å². The van der Waals surface area contributed by atoms with Crippen LogP contribution in [0, 0.1) is 0 Å². The number of aliphatic carboxylic acids is 1. The molecule has 1 aliphatic heterocycles. The largest absolute Gasteiger partial charge is 0.480 e. The number of aliphatic hydroxyl groups is 2. The molecule has 6 nitrogen and oxygen atoms in total. The van der Waals surface area contributed by atoms with Gasteiger partial charge in [0.15, 0.2) is 0 Å². The number of nitrogens with zero attached hydrogens (tertiary/aromatic N) is 1. The Kier molecular flexibility index (Phi) is 3.82. The molecule has 1 fully saturated rings. The molecule has 1 saturated heterocycles. The number of carboxylic acids is 1. The van der Waals surface area contributed by atoms with E-state index in [1.165, 1.54) is 17.0 Å². The average molecular weight is 265 g/mol. The molecule has 1 aliphatic rings. The molecule has 3 N–H and O–H groups in total. The van der Waals surface area contributed by atoms with Gasteiger partial charge in [-0.25, -0.2) is 4.79 Å². The molecule has 1 aromatic rings. The van der Waals surface area contributed by atoms with E-state index in [0.29, 0.717) is 11.1 Å². The highest BCUT2D eigenvalue weighted by molar-refractivity contribution is 5.97. The molecule has 0 spiro atoms. The Morgan fingerprint density at radius 2 is 1.89 bits per heavy atom. The van der Waals surface area contributed by atoms with Crippen molar-refractivity contribution in [3.05, 3.63) is 35.4 Å². The zero-order valence-corrected chi connectivity index (χ0v) is 10.2. The molecule has 2 atom stereocenters. The minimum atomic E-state index is -1.11. The number of benzene rings is 1. The standard InChI is InChI=1S/C13H15NO5/c15-7-8-1-3-9(4-2-8)12(17)14-6-10(16)5-11(14)13(18)19/h1-4,10-11,15-16H,5-7H2,(H,18,19)/t10-,11-/m0/s1. The van der Waals surface area contributed by atoms with Gasteiger partial charge in [0, 0.05) is 18.5 Å². The lowest BCUT2D eigenvalue weighted by Crippen LogP contribution is -2.40. The highest BCUT2D eigenvalue weighted by Gasteiger charge is 2.39. The van der Waals surface area contributed by atoms with E-state index in [2.05, 4.69) is 0 Å². The zero-order valence-electron chi connectivity index (χ0n) is 10.2. The van der Waals surface area contributed by atoms with Gasteiger partial charge in [-0.2, -0.15) is 0 Å². The number of β-amino-alcohol motifs (C(OH)–C–C–N with tert-alkyl or cyclic N) is 1. The van der Waals surface area contributed by atoms with Crippen molar-refractivity contribution in [3.63, 3.8) is 0 Å². The van der Waals surface area contributed by atoms with Crippen molar-refractivity contribution >= 4 is 11.9 Å². The van der Waals surface area contributed by atoms with Crippen molar-refractivity contribution < 1.29 is 24.9 Å². The van der Waals surface area contributed by atoms with Gasteiger partial charge in [0.1, 0.15) is 6.04 Å². The normalized spacial score (nSPS) is 22.5. The molecule has 6 heteroatoms. The third-order valence-corrected chi connectivity index (χ3v) is 3.21. The van der Waals surface area contributed by atoms with Crippen molar-refractivity contribution in [2.75, 3.05) is 6.54 Å². The summed E-state index contributed by atoms with van der Waals surface area (Å²) >= 11 is 0. The second-order valence-electron chi connectivity index (χ2n) is 4.56. The second kappa shape index (κ2) is 5.38. The SMILES string of the molecule is O=C(O)[C@@H]1C[C@H](O)CN1C(=O)c1ccc(CO)cc1. The van der Waals surface area contributed by atoms with Crippen LogP contribution in [0.1, 0.15) is 22.3 Å². The minimum Gasteiger partial charge on any atom is -0.480 e. The van der Waals surface area contributed by atoms with Gasteiger partial charge in [-0.15, -0.1) is 0 Å². The molecule has 0 aromatic heterocycles. The van der Waals surface area contributed by atoms with Crippen LogP contribution in [-0.4, -0.2) is 50.8 Å². The molecule has 0 saturated carbocycles. The van der Waals surface area contributed by atoms with Crippen molar-refractivity contribution in [1.29, 1.82) is 0 Å². The van der Waals surface area contributed by atoms with Crippen molar-refractivity contribution in [3.8, 4) is 0 Å². The lowest BCUT2D eigenvalue weighted by atomic mass is 10.1. The highest BCUT2D eigenvalue weighted by atomic mass is 16.4. The van der Waals surface area contributed by atoms with Crippen LogP contribution in [0.3, 0.4) is 0 Å². The van der Waals surface area contributed by atoms with Crippen LogP contribution in [0.15, 0.2) is 24.3 Å². The van der Waals surface area contributed by atoms with Crippen LogP contribution >= 0.6 is 0 Å². The molecule has 0 unspecified atom stereocenters. The van der Waals surface area contributed by atoms with E-state index in [-0.39, 0.29) is 19.6 Å². The Labute approximate surface area is 109 Å². The van der Waals surface area contributed by atoms with Gasteiger partial charge in [0.25, 0.3) is 5.91 Å². The number of hydrogen-bond donors (Lipinski definition) is 3. The summed E-state index contributed by atoms with van der Waals surface area (Å²) in [6.45, 7) is -0.0911. The molecule has 1 heterocycles. The maximum absolute atomic E-state index is 12.2. The van der Waals surface area contributed by atoms with Crippen LogP contribution in [-0.2, 0) is 11.4 Å². The molecule has 0 radical (unpaired) electrons. The average Bonchev–Trinajstić information content (AvgIpc) is 2.80. The fourth-order valence-corrected chi connectivity index (χ4v) is 2.19. The summed E-state index contributed by atoms with van der Waals surface area (Å²) in [5, 5.41) is 27.5. The maximum Gasteiger partial charge on any atom is 0.326 e. The van der Waals surface area contributed by atoms with Crippen LogP contribution in [0.25, 0.3) is 0 Å². The first-order chi connectivity index (χ1) is 9.02. The number of likely N-dealkylation sites (tertiary alicyclic amines) is 1. The summed E-state index contributed by atoms with van der Waals surface area (Å²) in [5.74, 6) is -1.54. The molecule has 0 bridgehead atoms. The van der Waals surface area contributed by atoms with Gasteiger partial charge in [-0.05, 0) is 17.7 Å². The van der Waals surface area contributed by atoms with E-state index >= 15 is 0 Å². The van der Waals surface area contributed by atoms with Crippen LogP contribution in [0.2, 0.25) is 0 Å². The van der Waals surface area contributed by atoms with Gasteiger partial charge in [-0.1, -0.05) is 12.1 Å². The van der Waals surface area contributed by atoms with Gasteiger partial charge in [0.2, 0.25) is 0 Å². The number of carbonyl (C=O) groups excluding carboxylic acids is 1. The Morgan fingerprint density at radius 3 is 2.42 bits per heavy atom. The van der Waals surface area contributed by atoms with Gasteiger partial charge in [0.05, 0.1) is 12.7 Å². The Balaban J connectivity index is 2.20. The van der Waals surface area contributed by atoms with Crippen LogP contribution < -0.4 is 0 Å². The van der Waals surface area contributed by atoms with Crippen LogP contribution in [0.5, 0.6) is 0 Å². The van der Waals surface area contributed by atoms with Crippen molar-refractivity contribution in [1.82, 2.24) is 4.90 Å². The summed E-state index contributed by atoms with van der Waals surface area (Å²) in [4.78, 5) is 24.4. The molecule has 1 amide bonds.